The van der Waals surface area contributed by atoms with Gasteiger partial charge in [0.15, 0.2) is 0 Å². The predicted octanol–water partition coefficient (Wildman–Crippen LogP) is 13.6. The van der Waals surface area contributed by atoms with Gasteiger partial charge in [-0.2, -0.15) is 0 Å². The zero-order valence-corrected chi connectivity index (χ0v) is 27.7. The second kappa shape index (κ2) is 10.5. The average Bonchev–Trinajstić information content (AvgIpc) is 3.39. The highest BCUT2D eigenvalue weighted by molar-refractivity contribution is 6.22. The normalized spacial score (nSPS) is 13.3. The van der Waals surface area contributed by atoms with E-state index in [0.717, 1.165) is 0 Å². The summed E-state index contributed by atoms with van der Waals surface area (Å²) in [4.78, 5) is 0. The van der Waals surface area contributed by atoms with Crippen LogP contribution in [0.4, 0.5) is 0 Å². The molecule has 49 heavy (non-hydrogen) atoms. The van der Waals surface area contributed by atoms with E-state index < -0.39 is 0 Å². The molecule has 1 aliphatic rings. The highest BCUT2D eigenvalue weighted by Crippen LogP contribution is 2.53. The van der Waals surface area contributed by atoms with Crippen LogP contribution < -0.4 is 0 Å². The van der Waals surface area contributed by atoms with E-state index in [4.69, 9.17) is 0 Å². The van der Waals surface area contributed by atoms with Crippen molar-refractivity contribution in [3.05, 3.63) is 181 Å². The lowest BCUT2D eigenvalue weighted by Gasteiger charge is -2.23. The van der Waals surface area contributed by atoms with E-state index in [9.17, 15) is 0 Å². The van der Waals surface area contributed by atoms with Gasteiger partial charge in [0.25, 0.3) is 0 Å². The first-order valence-electron chi connectivity index (χ1n) is 17.3. The monoisotopic (exact) mass is 622 g/mol. The van der Waals surface area contributed by atoms with Gasteiger partial charge in [0.05, 0.1) is 0 Å². The van der Waals surface area contributed by atoms with Crippen molar-refractivity contribution in [3.8, 4) is 44.5 Å². The Morgan fingerprint density at radius 2 is 0.837 bits per heavy atom. The standard InChI is InChI=1S/C49H34/c1-49(2)45-28-26-35(30-44(45)43-27-25-32-14-4-6-19-38(32)48(43)49)47-41-22-9-7-20-39(41)46(40-21-8-10-23-42(40)47)34-17-11-16-33(29-34)37-24-12-15-31-13-3-5-18-36(31)37/h3-30H,1-2H3. The van der Waals surface area contributed by atoms with Crippen molar-refractivity contribution >= 4 is 43.1 Å². The molecule has 0 nitrogen and oxygen atoms in total. The van der Waals surface area contributed by atoms with Gasteiger partial charge in [0.1, 0.15) is 0 Å². The summed E-state index contributed by atoms with van der Waals surface area (Å²) < 4.78 is 0. The summed E-state index contributed by atoms with van der Waals surface area (Å²) in [6.07, 6.45) is 0. The molecule has 9 aromatic rings. The van der Waals surface area contributed by atoms with Crippen molar-refractivity contribution in [1.82, 2.24) is 0 Å². The Hall–Kier alpha value is -5.98. The minimum atomic E-state index is -0.0762. The summed E-state index contributed by atoms with van der Waals surface area (Å²) >= 11 is 0. The summed E-state index contributed by atoms with van der Waals surface area (Å²) in [5.41, 5.74) is 13.1. The quantitative estimate of drug-likeness (QED) is 0.172. The lowest BCUT2D eigenvalue weighted by Crippen LogP contribution is -2.15. The molecule has 0 heterocycles. The van der Waals surface area contributed by atoms with Crippen LogP contribution in [0, 0.1) is 0 Å². The van der Waals surface area contributed by atoms with Gasteiger partial charge in [-0.15, -0.1) is 0 Å². The molecular formula is C49H34. The van der Waals surface area contributed by atoms with E-state index in [-0.39, 0.29) is 5.41 Å². The van der Waals surface area contributed by atoms with Crippen LogP contribution in [-0.4, -0.2) is 0 Å². The van der Waals surface area contributed by atoms with E-state index in [1.807, 2.05) is 0 Å². The van der Waals surface area contributed by atoms with Crippen molar-refractivity contribution in [2.45, 2.75) is 19.3 Å². The van der Waals surface area contributed by atoms with Crippen LogP contribution in [0.15, 0.2) is 170 Å². The summed E-state index contributed by atoms with van der Waals surface area (Å²) in [5.74, 6) is 0. The molecule has 0 radical (unpaired) electrons. The first kappa shape index (κ1) is 28.1. The van der Waals surface area contributed by atoms with Crippen LogP contribution >= 0.6 is 0 Å². The SMILES string of the molecule is CC1(C)c2ccc(-c3c4ccccc4c(-c4cccc(-c5cccc6ccccc56)c4)c4ccccc34)cc2-c2ccc3ccccc3c21. The van der Waals surface area contributed by atoms with E-state index in [0.29, 0.717) is 0 Å². The third-order valence-corrected chi connectivity index (χ3v) is 11.0. The third kappa shape index (κ3) is 4.11. The summed E-state index contributed by atoms with van der Waals surface area (Å²) in [6.45, 7) is 4.77. The highest BCUT2D eigenvalue weighted by Gasteiger charge is 2.37. The van der Waals surface area contributed by atoms with E-state index in [2.05, 4.69) is 184 Å². The van der Waals surface area contributed by atoms with E-state index in [1.54, 1.807) is 0 Å². The van der Waals surface area contributed by atoms with Crippen LogP contribution in [0.3, 0.4) is 0 Å². The van der Waals surface area contributed by atoms with Gasteiger partial charge in [-0.1, -0.05) is 172 Å². The Balaban J connectivity index is 1.21. The van der Waals surface area contributed by atoms with Crippen molar-refractivity contribution in [2.24, 2.45) is 0 Å². The molecule has 230 valence electrons. The lowest BCUT2D eigenvalue weighted by molar-refractivity contribution is 0.666. The van der Waals surface area contributed by atoms with Crippen molar-refractivity contribution < 1.29 is 0 Å². The Labute approximate surface area is 286 Å². The Morgan fingerprint density at radius 3 is 1.51 bits per heavy atom. The molecule has 0 spiro atoms. The molecule has 0 saturated carbocycles. The Kier molecular flexibility index (Phi) is 6.02. The molecule has 0 saturated heterocycles. The topological polar surface area (TPSA) is 0 Å². The lowest BCUT2D eigenvalue weighted by atomic mass is 9.80. The molecular weight excluding hydrogens is 589 g/mol. The zero-order chi connectivity index (χ0) is 32.7. The van der Waals surface area contributed by atoms with Gasteiger partial charge in [-0.3, -0.25) is 0 Å². The van der Waals surface area contributed by atoms with Gasteiger partial charge >= 0.3 is 0 Å². The minimum Gasteiger partial charge on any atom is -0.0616 e. The second-order valence-corrected chi connectivity index (χ2v) is 14.0. The molecule has 0 unspecified atom stereocenters. The van der Waals surface area contributed by atoms with Crippen LogP contribution in [0.25, 0.3) is 87.6 Å². The summed E-state index contributed by atoms with van der Waals surface area (Å²) in [7, 11) is 0. The smallest absolute Gasteiger partial charge is 0.0165 e. The van der Waals surface area contributed by atoms with Crippen molar-refractivity contribution in [1.29, 1.82) is 0 Å². The molecule has 0 fully saturated rings. The average molecular weight is 623 g/mol. The first-order chi connectivity index (χ1) is 24.1. The Bertz CT molecular complexity index is 2730. The van der Waals surface area contributed by atoms with Crippen LogP contribution in [0.5, 0.6) is 0 Å². The molecule has 10 rings (SSSR count). The van der Waals surface area contributed by atoms with Gasteiger partial charge < -0.3 is 0 Å². The molecule has 0 aliphatic heterocycles. The number of benzene rings is 9. The first-order valence-corrected chi connectivity index (χ1v) is 17.3. The van der Waals surface area contributed by atoms with Crippen LogP contribution in [0.2, 0.25) is 0 Å². The maximum atomic E-state index is 2.46. The van der Waals surface area contributed by atoms with Crippen molar-refractivity contribution in [2.75, 3.05) is 0 Å². The fraction of sp³-hybridized carbons (Fsp3) is 0.0612. The molecule has 0 atom stereocenters. The zero-order valence-electron chi connectivity index (χ0n) is 27.7. The number of fused-ring (bicyclic) bond motifs is 8. The summed E-state index contributed by atoms with van der Waals surface area (Å²) in [5, 5.41) is 10.3. The fourth-order valence-corrected chi connectivity index (χ4v) is 8.84. The predicted molar refractivity (Wildman–Crippen MR) is 210 cm³/mol. The molecule has 0 bridgehead atoms. The number of hydrogen-bond donors (Lipinski definition) is 0. The molecule has 1 aliphatic carbocycles. The molecule has 9 aromatic carbocycles. The largest absolute Gasteiger partial charge is 0.0616 e. The second-order valence-electron chi connectivity index (χ2n) is 14.0. The van der Waals surface area contributed by atoms with E-state index >= 15 is 0 Å². The number of hydrogen-bond acceptors (Lipinski definition) is 0. The van der Waals surface area contributed by atoms with Gasteiger partial charge in [0, 0.05) is 5.41 Å². The van der Waals surface area contributed by atoms with Gasteiger partial charge in [0.2, 0.25) is 0 Å². The van der Waals surface area contributed by atoms with Crippen LogP contribution in [-0.2, 0) is 5.41 Å². The maximum Gasteiger partial charge on any atom is 0.0165 e. The minimum absolute atomic E-state index is 0.0762. The van der Waals surface area contributed by atoms with Gasteiger partial charge in [-0.25, -0.2) is 0 Å². The molecule has 0 N–H and O–H groups in total. The molecule has 0 aromatic heterocycles. The Morgan fingerprint density at radius 1 is 0.327 bits per heavy atom. The van der Waals surface area contributed by atoms with E-state index in [1.165, 1.54) is 98.7 Å². The third-order valence-electron chi connectivity index (χ3n) is 11.0. The number of rotatable bonds is 3. The van der Waals surface area contributed by atoms with Crippen molar-refractivity contribution in [3.63, 3.8) is 0 Å². The van der Waals surface area contributed by atoms with Crippen LogP contribution in [0.1, 0.15) is 25.0 Å². The highest BCUT2D eigenvalue weighted by atomic mass is 14.4. The van der Waals surface area contributed by atoms with Gasteiger partial charge in [-0.05, 0) is 111 Å². The fourth-order valence-electron chi connectivity index (χ4n) is 8.84. The maximum absolute atomic E-state index is 2.46. The summed E-state index contributed by atoms with van der Waals surface area (Å²) in [6, 6.07) is 63.1. The molecule has 0 heteroatoms. The molecule has 0 amide bonds.